The first-order valence-corrected chi connectivity index (χ1v) is 7.48. The number of H-pyrrole nitrogens is 1. The van der Waals surface area contributed by atoms with E-state index in [0.29, 0.717) is 18.8 Å². The monoisotopic (exact) mass is 284 g/mol. The highest BCUT2D eigenvalue weighted by Crippen LogP contribution is 2.31. The van der Waals surface area contributed by atoms with Crippen LogP contribution in [0.5, 0.6) is 0 Å². The van der Waals surface area contributed by atoms with E-state index in [1.165, 1.54) is 5.56 Å². The summed E-state index contributed by atoms with van der Waals surface area (Å²) in [6.45, 7) is 4.40. The largest absolute Gasteiger partial charge is 0.361 e. The minimum Gasteiger partial charge on any atom is -0.361 e. The number of carbonyl (C=O) groups is 2. The summed E-state index contributed by atoms with van der Waals surface area (Å²) in [5.41, 5.74) is 3.35. The summed E-state index contributed by atoms with van der Waals surface area (Å²) < 4.78 is 0. The highest BCUT2D eigenvalue weighted by molar-refractivity contribution is 6.02. The van der Waals surface area contributed by atoms with Gasteiger partial charge in [-0.25, -0.2) is 0 Å². The lowest BCUT2D eigenvalue weighted by Crippen LogP contribution is -2.39. The summed E-state index contributed by atoms with van der Waals surface area (Å²) in [6, 6.07) is 6.37. The Morgan fingerprint density at radius 3 is 2.81 bits per heavy atom. The van der Waals surface area contributed by atoms with Crippen molar-refractivity contribution in [3.63, 3.8) is 0 Å². The average Bonchev–Trinajstić information content (AvgIpc) is 2.81. The molecule has 21 heavy (non-hydrogen) atoms. The molecule has 1 aliphatic rings. The fraction of sp³-hybridized carbons (Fsp3) is 0.412. The maximum absolute atomic E-state index is 12.0. The minimum absolute atomic E-state index is 0.171. The van der Waals surface area contributed by atoms with Crippen LogP contribution in [-0.2, 0) is 16.0 Å². The second-order valence-corrected chi connectivity index (χ2v) is 6.23. The molecule has 1 aromatic carbocycles. The minimum atomic E-state index is -0.229. The predicted octanol–water partition coefficient (Wildman–Crippen LogP) is 2.89. The molecule has 2 N–H and O–H groups in total. The Morgan fingerprint density at radius 1 is 1.29 bits per heavy atom. The summed E-state index contributed by atoms with van der Waals surface area (Å²) in [4.78, 5) is 26.5. The molecule has 0 aliphatic carbocycles. The van der Waals surface area contributed by atoms with Crippen molar-refractivity contribution in [2.45, 2.75) is 39.0 Å². The van der Waals surface area contributed by atoms with Crippen molar-refractivity contribution in [2.24, 2.45) is 5.92 Å². The van der Waals surface area contributed by atoms with Crippen LogP contribution in [0.4, 0.5) is 0 Å². The molecular formula is C17H20N2O2. The zero-order valence-electron chi connectivity index (χ0n) is 12.4. The summed E-state index contributed by atoms with van der Waals surface area (Å²) in [6.07, 6.45) is 3.95. The first kappa shape index (κ1) is 13.9. The van der Waals surface area contributed by atoms with Gasteiger partial charge in [0.2, 0.25) is 11.8 Å². The molecule has 1 unspecified atom stereocenters. The van der Waals surface area contributed by atoms with Crippen LogP contribution in [-0.4, -0.2) is 16.8 Å². The van der Waals surface area contributed by atoms with Gasteiger partial charge in [0.15, 0.2) is 0 Å². The number of carbonyl (C=O) groups excluding carboxylic acids is 2. The maximum atomic E-state index is 12.0. The SMILES string of the molecule is CC(C)Cc1ccc2c(C3CCC(=O)NC3=O)c[nH]c2c1. The van der Waals surface area contributed by atoms with Gasteiger partial charge < -0.3 is 4.98 Å². The van der Waals surface area contributed by atoms with Crippen LogP contribution < -0.4 is 5.32 Å². The van der Waals surface area contributed by atoms with Gasteiger partial charge in [0.05, 0.1) is 5.92 Å². The molecule has 1 aliphatic heterocycles. The highest BCUT2D eigenvalue weighted by Gasteiger charge is 2.29. The number of nitrogens with one attached hydrogen (secondary N) is 2. The van der Waals surface area contributed by atoms with Crippen LogP contribution in [0.2, 0.25) is 0 Å². The molecule has 0 spiro atoms. The lowest BCUT2D eigenvalue weighted by Gasteiger charge is -2.20. The number of benzene rings is 1. The standard InChI is InChI=1S/C17H20N2O2/c1-10(2)7-11-3-4-12-14(9-18-15(12)8-11)13-5-6-16(20)19-17(13)21/h3-4,8-10,13,18H,5-7H2,1-2H3,(H,19,20,21). The number of rotatable bonds is 3. The fourth-order valence-electron chi connectivity index (χ4n) is 3.07. The van der Waals surface area contributed by atoms with Crippen molar-refractivity contribution in [1.82, 2.24) is 10.3 Å². The molecule has 1 fully saturated rings. The quantitative estimate of drug-likeness (QED) is 0.851. The molecule has 1 atom stereocenters. The molecule has 2 aromatic rings. The summed E-state index contributed by atoms with van der Waals surface area (Å²) in [5, 5.41) is 3.51. The van der Waals surface area contributed by atoms with Gasteiger partial charge in [0, 0.05) is 23.5 Å². The maximum Gasteiger partial charge on any atom is 0.234 e. The summed E-state index contributed by atoms with van der Waals surface area (Å²) in [7, 11) is 0. The van der Waals surface area contributed by atoms with E-state index >= 15 is 0 Å². The number of hydrogen-bond donors (Lipinski definition) is 2. The first-order valence-electron chi connectivity index (χ1n) is 7.48. The van der Waals surface area contributed by atoms with Gasteiger partial charge in [0.1, 0.15) is 0 Å². The van der Waals surface area contributed by atoms with Crippen LogP contribution in [0, 0.1) is 5.92 Å². The van der Waals surface area contributed by atoms with E-state index in [4.69, 9.17) is 0 Å². The van der Waals surface area contributed by atoms with Crippen molar-refractivity contribution in [3.05, 3.63) is 35.5 Å². The van der Waals surface area contributed by atoms with Crippen LogP contribution in [0.25, 0.3) is 10.9 Å². The van der Waals surface area contributed by atoms with E-state index in [1.54, 1.807) is 0 Å². The molecule has 3 rings (SSSR count). The lowest BCUT2D eigenvalue weighted by molar-refractivity contribution is -0.134. The van der Waals surface area contributed by atoms with Gasteiger partial charge in [-0.3, -0.25) is 14.9 Å². The predicted molar refractivity (Wildman–Crippen MR) is 82.0 cm³/mol. The zero-order chi connectivity index (χ0) is 15.0. The lowest BCUT2D eigenvalue weighted by atomic mass is 9.90. The number of aromatic amines is 1. The zero-order valence-corrected chi connectivity index (χ0v) is 12.4. The van der Waals surface area contributed by atoms with Gasteiger partial charge in [-0.05, 0) is 36.0 Å². The van der Waals surface area contributed by atoms with Gasteiger partial charge in [-0.2, -0.15) is 0 Å². The third-order valence-electron chi connectivity index (χ3n) is 4.04. The molecule has 1 aromatic heterocycles. The molecule has 0 bridgehead atoms. The number of piperidine rings is 1. The van der Waals surface area contributed by atoms with E-state index in [0.717, 1.165) is 22.9 Å². The van der Waals surface area contributed by atoms with E-state index in [-0.39, 0.29) is 17.7 Å². The number of fused-ring (bicyclic) bond motifs is 1. The molecule has 1 saturated heterocycles. The van der Waals surface area contributed by atoms with E-state index < -0.39 is 0 Å². The molecule has 2 heterocycles. The highest BCUT2D eigenvalue weighted by atomic mass is 16.2. The topological polar surface area (TPSA) is 62.0 Å². The Labute approximate surface area is 123 Å². The second kappa shape index (κ2) is 5.35. The smallest absolute Gasteiger partial charge is 0.234 e. The van der Waals surface area contributed by atoms with E-state index in [2.05, 4.69) is 42.3 Å². The molecule has 110 valence electrons. The van der Waals surface area contributed by atoms with Crippen LogP contribution in [0.15, 0.2) is 24.4 Å². The summed E-state index contributed by atoms with van der Waals surface area (Å²) in [5.74, 6) is 0.0353. The molecule has 4 nitrogen and oxygen atoms in total. The Balaban J connectivity index is 1.93. The normalized spacial score (nSPS) is 19.3. The Hall–Kier alpha value is -2.10. The van der Waals surface area contributed by atoms with Crippen molar-refractivity contribution in [3.8, 4) is 0 Å². The van der Waals surface area contributed by atoms with Crippen molar-refractivity contribution in [2.75, 3.05) is 0 Å². The second-order valence-electron chi connectivity index (χ2n) is 6.23. The first-order chi connectivity index (χ1) is 10.0. The van der Waals surface area contributed by atoms with Gasteiger partial charge in [-0.1, -0.05) is 26.0 Å². The molecule has 0 radical (unpaired) electrons. The van der Waals surface area contributed by atoms with Crippen LogP contribution in [0.1, 0.15) is 43.7 Å². The van der Waals surface area contributed by atoms with Crippen molar-refractivity contribution in [1.29, 1.82) is 0 Å². The number of aromatic nitrogens is 1. The Bertz CT molecular complexity index is 700. The van der Waals surface area contributed by atoms with E-state index in [1.807, 2.05) is 6.20 Å². The Morgan fingerprint density at radius 2 is 2.10 bits per heavy atom. The Kier molecular flexibility index (Phi) is 3.53. The number of hydrogen-bond acceptors (Lipinski definition) is 2. The van der Waals surface area contributed by atoms with Gasteiger partial charge in [0.25, 0.3) is 0 Å². The number of amides is 2. The van der Waals surface area contributed by atoms with Crippen molar-refractivity contribution < 1.29 is 9.59 Å². The van der Waals surface area contributed by atoms with Crippen LogP contribution in [0.3, 0.4) is 0 Å². The average molecular weight is 284 g/mol. The molecule has 0 saturated carbocycles. The molecular weight excluding hydrogens is 264 g/mol. The van der Waals surface area contributed by atoms with E-state index in [9.17, 15) is 9.59 Å². The fourth-order valence-corrected chi connectivity index (χ4v) is 3.07. The molecule has 4 heteroatoms. The van der Waals surface area contributed by atoms with Crippen LogP contribution >= 0.6 is 0 Å². The summed E-state index contributed by atoms with van der Waals surface area (Å²) >= 11 is 0. The number of imide groups is 1. The third kappa shape index (κ3) is 2.71. The van der Waals surface area contributed by atoms with Crippen molar-refractivity contribution >= 4 is 22.7 Å². The van der Waals surface area contributed by atoms with Gasteiger partial charge in [-0.15, -0.1) is 0 Å². The third-order valence-corrected chi connectivity index (χ3v) is 4.04. The van der Waals surface area contributed by atoms with Gasteiger partial charge >= 0.3 is 0 Å². The molecule has 2 amide bonds.